The summed E-state index contributed by atoms with van der Waals surface area (Å²) in [6, 6.07) is 23.7. The van der Waals surface area contributed by atoms with Gasteiger partial charge >= 0.3 is 0 Å². The van der Waals surface area contributed by atoms with Crippen LogP contribution < -0.4 is 10.1 Å². The fraction of sp³-hybridized carbons (Fsp3) is 0.217. The molecule has 1 saturated heterocycles. The molecular weight excluding hydrogens is 420 g/mol. The number of para-hydroxylation sites is 2. The van der Waals surface area contributed by atoms with Crippen LogP contribution in [0.5, 0.6) is 11.5 Å². The monoisotopic (exact) mass is 442 g/mol. The maximum atomic E-state index is 13.0. The van der Waals surface area contributed by atoms with E-state index < -0.39 is 10.0 Å². The second-order valence-corrected chi connectivity index (χ2v) is 9.53. The average Bonchev–Trinajstić information content (AvgIpc) is 2.77. The summed E-state index contributed by atoms with van der Waals surface area (Å²) in [5.41, 5.74) is 0.884. The highest BCUT2D eigenvalue weighted by atomic mass is 35.5. The number of piperidine rings is 1. The molecule has 5 nitrogen and oxygen atoms in total. The minimum Gasteiger partial charge on any atom is -0.457 e. The first kappa shape index (κ1) is 20.7. The molecule has 0 bridgehead atoms. The minimum absolute atomic E-state index is 0.193. The largest absolute Gasteiger partial charge is 0.457 e. The van der Waals surface area contributed by atoms with E-state index in [1.54, 1.807) is 28.6 Å². The van der Waals surface area contributed by atoms with Gasteiger partial charge in [0.15, 0.2) is 0 Å². The highest BCUT2D eigenvalue weighted by molar-refractivity contribution is 7.89. The Balaban J connectivity index is 1.37. The molecule has 0 radical (unpaired) electrons. The first-order valence-corrected chi connectivity index (χ1v) is 11.7. The molecule has 3 aromatic carbocycles. The summed E-state index contributed by atoms with van der Waals surface area (Å²) in [6.45, 7) is 0.930. The van der Waals surface area contributed by atoms with E-state index in [0.29, 0.717) is 29.6 Å². The smallest absolute Gasteiger partial charge is 0.243 e. The lowest BCUT2D eigenvalue weighted by molar-refractivity contribution is 0.329. The molecule has 1 heterocycles. The second kappa shape index (κ2) is 9.08. The predicted octanol–water partition coefficient (Wildman–Crippen LogP) is 5.40. The Labute approximate surface area is 182 Å². The molecule has 7 heteroatoms. The van der Waals surface area contributed by atoms with E-state index >= 15 is 0 Å². The topological polar surface area (TPSA) is 58.6 Å². The SMILES string of the molecule is O=S(=O)(c1ccc(Oc2ccccc2)cc1)N1CCC(Nc2ccccc2Cl)CC1. The third-order valence-corrected chi connectivity index (χ3v) is 7.37. The second-order valence-electron chi connectivity index (χ2n) is 7.19. The lowest BCUT2D eigenvalue weighted by Gasteiger charge is -2.32. The number of sulfonamides is 1. The van der Waals surface area contributed by atoms with Crippen LogP contribution in [0.1, 0.15) is 12.8 Å². The molecule has 0 aliphatic carbocycles. The van der Waals surface area contributed by atoms with Gasteiger partial charge in [0.2, 0.25) is 10.0 Å². The van der Waals surface area contributed by atoms with Gasteiger partial charge in [-0.2, -0.15) is 4.31 Å². The Hall–Kier alpha value is -2.54. The van der Waals surface area contributed by atoms with E-state index in [9.17, 15) is 8.42 Å². The zero-order chi connectivity index (χ0) is 21.0. The number of nitrogens with one attached hydrogen (secondary N) is 1. The molecule has 1 N–H and O–H groups in total. The molecule has 30 heavy (non-hydrogen) atoms. The summed E-state index contributed by atoms with van der Waals surface area (Å²) in [6.07, 6.45) is 1.44. The van der Waals surface area contributed by atoms with Crippen LogP contribution in [0.3, 0.4) is 0 Å². The normalized spacial score (nSPS) is 15.6. The van der Waals surface area contributed by atoms with Gasteiger partial charge in [0.05, 0.1) is 15.6 Å². The van der Waals surface area contributed by atoms with Crippen molar-refractivity contribution >= 4 is 27.3 Å². The van der Waals surface area contributed by atoms with Gasteiger partial charge in [-0.15, -0.1) is 0 Å². The Bertz CT molecular complexity index is 1080. The first-order chi connectivity index (χ1) is 14.5. The van der Waals surface area contributed by atoms with E-state index in [1.165, 1.54) is 0 Å². The number of halogens is 1. The van der Waals surface area contributed by atoms with Crippen molar-refractivity contribution in [1.29, 1.82) is 0 Å². The number of hydrogen-bond acceptors (Lipinski definition) is 4. The van der Waals surface area contributed by atoms with Gasteiger partial charge in [-0.25, -0.2) is 8.42 Å². The van der Waals surface area contributed by atoms with Crippen molar-refractivity contribution in [3.8, 4) is 11.5 Å². The lowest BCUT2D eigenvalue weighted by Crippen LogP contribution is -2.42. The molecule has 0 unspecified atom stereocenters. The van der Waals surface area contributed by atoms with Gasteiger partial charge in [-0.3, -0.25) is 0 Å². The maximum Gasteiger partial charge on any atom is 0.243 e. The van der Waals surface area contributed by atoms with Gasteiger partial charge < -0.3 is 10.1 Å². The van der Waals surface area contributed by atoms with Crippen molar-refractivity contribution in [2.45, 2.75) is 23.8 Å². The fourth-order valence-corrected chi connectivity index (χ4v) is 5.15. The van der Waals surface area contributed by atoms with Crippen LogP contribution in [-0.2, 0) is 10.0 Å². The lowest BCUT2D eigenvalue weighted by atomic mass is 10.1. The molecule has 1 fully saturated rings. The molecule has 0 aromatic heterocycles. The predicted molar refractivity (Wildman–Crippen MR) is 120 cm³/mol. The highest BCUT2D eigenvalue weighted by Gasteiger charge is 2.29. The number of rotatable bonds is 6. The van der Waals surface area contributed by atoms with Crippen LogP contribution in [0.2, 0.25) is 5.02 Å². The van der Waals surface area contributed by atoms with Gasteiger partial charge in [0.1, 0.15) is 11.5 Å². The van der Waals surface area contributed by atoms with Crippen LogP contribution in [0.4, 0.5) is 5.69 Å². The van der Waals surface area contributed by atoms with Crippen molar-refractivity contribution in [2.24, 2.45) is 0 Å². The Kier molecular flexibility index (Phi) is 6.27. The highest BCUT2D eigenvalue weighted by Crippen LogP contribution is 2.28. The third kappa shape index (κ3) is 4.78. The molecule has 1 aliphatic rings. The van der Waals surface area contributed by atoms with Crippen LogP contribution in [0.15, 0.2) is 83.8 Å². The number of benzene rings is 3. The Morgan fingerprint density at radius 3 is 2.10 bits per heavy atom. The minimum atomic E-state index is -3.53. The summed E-state index contributed by atoms with van der Waals surface area (Å²) >= 11 is 6.21. The molecule has 1 aliphatic heterocycles. The molecule has 0 spiro atoms. The molecule has 0 atom stereocenters. The summed E-state index contributed by atoms with van der Waals surface area (Å²) in [4.78, 5) is 0.278. The summed E-state index contributed by atoms with van der Waals surface area (Å²) in [7, 11) is -3.53. The van der Waals surface area contributed by atoms with Crippen LogP contribution in [-0.4, -0.2) is 31.9 Å². The molecule has 3 aromatic rings. The van der Waals surface area contributed by atoms with Crippen molar-refractivity contribution in [2.75, 3.05) is 18.4 Å². The third-order valence-electron chi connectivity index (χ3n) is 5.13. The van der Waals surface area contributed by atoms with Crippen LogP contribution >= 0.6 is 11.6 Å². The molecule has 4 rings (SSSR count). The Morgan fingerprint density at radius 2 is 1.43 bits per heavy atom. The number of nitrogens with zero attached hydrogens (tertiary/aromatic N) is 1. The van der Waals surface area contributed by atoms with Gasteiger partial charge in [-0.05, 0) is 61.4 Å². The Morgan fingerprint density at radius 1 is 0.833 bits per heavy atom. The average molecular weight is 443 g/mol. The number of anilines is 1. The van der Waals surface area contributed by atoms with Crippen molar-refractivity contribution < 1.29 is 13.2 Å². The molecular formula is C23H23ClN2O3S. The summed E-state index contributed by atoms with van der Waals surface area (Å²) < 4.78 is 33.3. The van der Waals surface area contributed by atoms with Crippen LogP contribution in [0, 0.1) is 0 Å². The van der Waals surface area contributed by atoms with Crippen LogP contribution in [0.25, 0.3) is 0 Å². The standard InChI is InChI=1S/C23H23ClN2O3S/c24-22-8-4-5-9-23(22)25-18-14-16-26(17-15-18)30(27,28)21-12-10-20(11-13-21)29-19-6-2-1-3-7-19/h1-13,18,25H,14-17H2. The molecule has 0 saturated carbocycles. The number of ether oxygens (including phenoxy) is 1. The quantitative estimate of drug-likeness (QED) is 0.555. The fourth-order valence-electron chi connectivity index (χ4n) is 3.49. The maximum absolute atomic E-state index is 13.0. The van der Waals surface area contributed by atoms with Crippen molar-refractivity contribution in [3.63, 3.8) is 0 Å². The summed E-state index contributed by atoms with van der Waals surface area (Å²) in [5.74, 6) is 1.31. The van der Waals surface area contributed by atoms with Gasteiger partial charge in [0.25, 0.3) is 0 Å². The van der Waals surface area contributed by atoms with Gasteiger partial charge in [0, 0.05) is 19.1 Å². The number of hydrogen-bond donors (Lipinski definition) is 1. The molecule has 156 valence electrons. The van der Waals surface area contributed by atoms with Crippen molar-refractivity contribution in [3.05, 3.63) is 83.9 Å². The zero-order valence-corrected chi connectivity index (χ0v) is 17.9. The zero-order valence-electron chi connectivity index (χ0n) is 16.4. The first-order valence-electron chi connectivity index (χ1n) is 9.86. The summed E-state index contributed by atoms with van der Waals surface area (Å²) in [5, 5.41) is 4.09. The van der Waals surface area contributed by atoms with E-state index in [4.69, 9.17) is 16.3 Å². The molecule has 0 amide bonds. The van der Waals surface area contributed by atoms with E-state index in [-0.39, 0.29) is 10.9 Å². The van der Waals surface area contributed by atoms with E-state index in [1.807, 2.05) is 54.6 Å². The van der Waals surface area contributed by atoms with Gasteiger partial charge in [-0.1, -0.05) is 41.9 Å². The van der Waals surface area contributed by atoms with E-state index in [0.717, 1.165) is 18.5 Å². The van der Waals surface area contributed by atoms with E-state index in [2.05, 4.69) is 5.32 Å². The van der Waals surface area contributed by atoms with Crippen molar-refractivity contribution in [1.82, 2.24) is 4.31 Å².